The highest BCUT2D eigenvalue weighted by Crippen LogP contribution is 2.29. The van der Waals surface area contributed by atoms with E-state index in [2.05, 4.69) is 5.32 Å². The molecule has 1 aliphatic heterocycles. The first-order chi connectivity index (χ1) is 17.3. The summed E-state index contributed by atoms with van der Waals surface area (Å²) >= 11 is 0. The number of rotatable bonds is 8. The van der Waals surface area contributed by atoms with Gasteiger partial charge in [-0.2, -0.15) is 0 Å². The summed E-state index contributed by atoms with van der Waals surface area (Å²) in [5.74, 6) is -0.331. The fraction of sp³-hybridized carbons (Fsp3) is 0.276. The molecule has 2 amide bonds. The molecule has 1 fully saturated rings. The fourth-order valence-electron chi connectivity index (χ4n) is 4.09. The maximum absolute atomic E-state index is 12.6. The Bertz CT molecular complexity index is 1240. The van der Waals surface area contributed by atoms with E-state index in [4.69, 9.17) is 9.47 Å². The predicted octanol–water partition coefficient (Wildman–Crippen LogP) is 4.87. The molecule has 186 valence electrons. The van der Waals surface area contributed by atoms with Gasteiger partial charge < -0.3 is 19.7 Å². The molecule has 0 aromatic heterocycles. The zero-order valence-corrected chi connectivity index (χ0v) is 20.7. The maximum Gasteiger partial charge on any atom is 0.311 e. The van der Waals surface area contributed by atoms with Crippen molar-refractivity contribution in [2.45, 2.75) is 33.2 Å². The molecule has 1 N–H and O–H groups in total. The van der Waals surface area contributed by atoms with E-state index < -0.39 is 11.9 Å². The Morgan fingerprint density at radius 1 is 0.972 bits per heavy atom. The molecule has 0 saturated carbocycles. The van der Waals surface area contributed by atoms with E-state index in [0.29, 0.717) is 11.4 Å². The molecule has 4 rings (SSSR count). The van der Waals surface area contributed by atoms with Gasteiger partial charge in [-0.25, -0.2) is 0 Å². The van der Waals surface area contributed by atoms with Crippen molar-refractivity contribution in [3.05, 3.63) is 89.5 Å². The number of anilines is 1. The van der Waals surface area contributed by atoms with Crippen molar-refractivity contribution in [1.29, 1.82) is 0 Å². The number of aryl methyl sites for hydroxylation is 2. The molecule has 1 heterocycles. The van der Waals surface area contributed by atoms with Crippen molar-refractivity contribution in [3.8, 4) is 11.5 Å². The number of ether oxygens (including phenoxy) is 2. The lowest BCUT2D eigenvalue weighted by Gasteiger charge is -2.17. The number of hydrogen-bond donors (Lipinski definition) is 1. The highest BCUT2D eigenvalue weighted by atomic mass is 16.5. The van der Waals surface area contributed by atoms with Gasteiger partial charge in [0.2, 0.25) is 5.91 Å². The number of nitrogens with zero attached hydrogens (tertiary/aromatic N) is 1. The summed E-state index contributed by atoms with van der Waals surface area (Å²) in [7, 11) is 0. The lowest BCUT2D eigenvalue weighted by molar-refractivity contribution is -0.152. The lowest BCUT2D eigenvalue weighted by Crippen LogP contribution is -2.32. The minimum Gasteiger partial charge on any atom is -0.457 e. The van der Waals surface area contributed by atoms with Crippen LogP contribution in [0.3, 0.4) is 0 Å². The lowest BCUT2D eigenvalue weighted by atomic mass is 10.1. The summed E-state index contributed by atoms with van der Waals surface area (Å²) in [6, 6.07) is 22.4. The predicted molar refractivity (Wildman–Crippen MR) is 137 cm³/mol. The zero-order valence-electron chi connectivity index (χ0n) is 20.7. The molecule has 2 atom stereocenters. The second-order valence-electron chi connectivity index (χ2n) is 9.06. The SMILES string of the molecule is Cc1ccc(Oc2ccc(N3C[C@@H](C(=O)OCC(=O)N[C@H](C)c4ccccc4)CC3=O)cc2)cc1C. The topological polar surface area (TPSA) is 84.9 Å². The molecule has 0 bridgehead atoms. The number of hydrogen-bond acceptors (Lipinski definition) is 5. The zero-order chi connectivity index (χ0) is 25.7. The first-order valence-corrected chi connectivity index (χ1v) is 12.0. The molecular formula is C29H30N2O5. The highest BCUT2D eigenvalue weighted by Gasteiger charge is 2.36. The number of esters is 1. The first kappa shape index (κ1) is 25.0. The minimum absolute atomic E-state index is 0.0434. The Morgan fingerprint density at radius 2 is 1.67 bits per heavy atom. The van der Waals surface area contributed by atoms with Crippen LogP contribution >= 0.6 is 0 Å². The molecule has 0 aliphatic carbocycles. The van der Waals surface area contributed by atoms with Crippen LogP contribution in [-0.2, 0) is 19.1 Å². The van der Waals surface area contributed by atoms with Crippen LogP contribution in [0.15, 0.2) is 72.8 Å². The second-order valence-corrected chi connectivity index (χ2v) is 9.06. The standard InChI is InChI=1S/C29H30N2O5/c1-19-9-12-26(15-20(19)2)36-25-13-10-24(11-14-25)31-17-23(16-28(31)33)29(34)35-18-27(32)30-21(3)22-7-5-4-6-8-22/h4-15,21,23H,16-18H2,1-3H3,(H,30,32)/t21-,23+/m1/s1. The van der Waals surface area contributed by atoms with Crippen LogP contribution < -0.4 is 15.0 Å². The van der Waals surface area contributed by atoms with Gasteiger partial charge in [-0.05, 0) is 73.9 Å². The molecule has 1 saturated heterocycles. The van der Waals surface area contributed by atoms with Gasteiger partial charge in [-0.15, -0.1) is 0 Å². The largest absolute Gasteiger partial charge is 0.457 e. The Kier molecular flexibility index (Phi) is 7.68. The second kappa shape index (κ2) is 11.1. The molecule has 3 aromatic carbocycles. The summed E-state index contributed by atoms with van der Waals surface area (Å²) in [6.07, 6.45) is 0.0434. The monoisotopic (exact) mass is 486 g/mol. The van der Waals surface area contributed by atoms with E-state index >= 15 is 0 Å². The van der Waals surface area contributed by atoms with Crippen molar-refractivity contribution >= 4 is 23.5 Å². The Labute approximate surface area is 211 Å². The quantitative estimate of drug-likeness (QED) is 0.459. The normalized spacial score (nSPS) is 15.9. The molecule has 7 heteroatoms. The highest BCUT2D eigenvalue weighted by molar-refractivity contribution is 5.99. The van der Waals surface area contributed by atoms with Crippen molar-refractivity contribution in [1.82, 2.24) is 5.32 Å². The Hall–Kier alpha value is -4.13. The number of benzene rings is 3. The first-order valence-electron chi connectivity index (χ1n) is 12.0. The van der Waals surface area contributed by atoms with Gasteiger partial charge in [0.25, 0.3) is 5.91 Å². The molecule has 1 aliphatic rings. The number of carbonyl (C=O) groups excluding carboxylic acids is 3. The van der Waals surface area contributed by atoms with Gasteiger partial charge in [0.15, 0.2) is 6.61 Å². The molecule has 0 unspecified atom stereocenters. The summed E-state index contributed by atoms with van der Waals surface area (Å²) in [5, 5.41) is 2.81. The third-order valence-corrected chi connectivity index (χ3v) is 6.34. The van der Waals surface area contributed by atoms with Gasteiger partial charge in [-0.3, -0.25) is 14.4 Å². The molecular weight excluding hydrogens is 456 g/mol. The van der Waals surface area contributed by atoms with E-state index in [1.807, 2.05) is 69.3 Å². The molecule has 7 nitrogen and oxygen atoms in total. The molecule has 3 aromatic rings. The molecule has 0 radical (unpaired) electrons. The van der Waals surface area contributed by atoms with Crippen LogP contribution in [0.4, 0.5) is 5.69 Å². The van der Waals surface area contributed by atoms with E-state index in [1.54, 1.807) is 29.2 Å². The van der Waals surface area contributed by atoms with Crippen LogP contribution in [0.5, 0.6) is 11.5 Å². The fourth-order valence-corrected chi connectivity index (χ4v) is 4.09. The van der Waals surface area contributed by atoms with E-state index in [9.17, 15) is 14.4 Å². The minimum atomic E-state index is -0.622. The van der Waals surface area contributed by atoms with E-state index in [1.165, 1.54) is 5.56 Å². The summed E-state index contributed by atoms with van der Waals surface area (Å²) in [5.41, 5.74) is 3.98. The van der Waals surface area contributed by atoms with Gasteiger partial charge in [0.1, 0.15) is 11.5 Å². The van der Waals surface area contributed by atoms with Gasteiger partial charge in [-0.1, -0.05) is 36.4 Å². The van der Waals surface area contributed by atoms with Crippen LogP contribution in [0.1, 0.15) is 36.1 Å². The van der Waals surface area contributed by atoms with Gasteiger partial charge in [0, 0.05) is 18.7 Å². The molecule has 36 heavy (non-hydrogen) atoms. The third kappa shape index (κ3) is 6.10. The van der Waals surface area contributed by atoms with Gasteiger partial charge in [0.05, 0.1) is 12.0 Å². The van der Waals surface area contributed by atoms with Crippen LogP contribution in [0.25, 0.3) is 0 Å². The number of amides is 2. The van der Waals surface area contributed by atoms with Crippen molar-refractivity contribution in [2.24, 2.45) is 5.92 Å². The third-order valence-electron chi connectivity index (χ3n) is 6.34. The van der Waals surface area contributed by atoms with Gasteiger partial charge >= 0.3 is 5.97 Å². The smallest absolute Gasteiger partial charge is 0.311 e. The van der Waals surface area contributed by atoms with Crippen LogP contribution in [0, 0.1) is 19.8 Å². The van der Waals surface area contributed by atoms with Crippen LogP contribution in [-0.4, -0.2) is 30.9 Å². The summed E-state index contributed by atoms with van der Waals surface area (Å²) < 4.78 is 11.1. The van der Waals surface area contributed by atoms with Crippen molar-refractivity contribution in [3.63, 3.8) is 0 Å². The maximum atomic E-state index is 12.6. The van der Waals surface area contributed by atoms with Crippen molar-refractivity contribution < 1.29 is 23.9 Å². The number of carbonyl (C=O) groups is 3. The average Bonchev–Trinajstić information content (AvgIpc) is 3.27. The summed E-state index contributed by atoms with van der Waals surface area (Å²) in [6.45, 7) is 5.76. The Morgan fingerprint density at radius 3 is 2.36 bits per heavy atom. The average molecular weight is 487 g/mol. The summed E-state index contributed by atoms with van der Waals surface area (Å²) in [4.78, 5) is 38.9. The molecule has 0 spiro atoms. The van der Waals surface area contributed by atoms with E-state index in [0.717, 1.165) is 16.9 Å². The van der Waals surface area contributed by atoms with E-state index in [-0.39, 0.29) is 37.4 Å². The van der Waals surface area contributed by atoms with Crippen LogP contribution in [0.2, 0.25) is 0 Å². The van der Waals surface area contributed by atoms with Crippen molar-refractivity contribution in [2.75, 3.05) is 18.1 Å². The Balaban J connectivity index is 1.28. The number of nitrogens with one attached hydrogen (secondary N) is 1.